The maximum absolute atomic E-state index is 12.8. The summed E-state index contributed by atoms with van der Waals surface area (Å²) in [6, 6.07) is 7.21. The van der Waals surface area contributed by atoms with Crippen molar-refractivity contribution in [1.82, 2.24) is 10.2 Å². The molecule has 2 aliphatic rings. The third-order valence-corrected chi connectivity index (χ3v) is 5.18. The molecule has 1 unspecified atom stereocenters. The van der Waals surface area contributed by atoms with Gasteiger partial charge in [0, 0.05) is 30.9 Å². The third-order valence-electron chi connectivity index (χ3n) is 5.18. The van der Waals surface area contributed by atoms with Crippen molar-refractivity contribution in [1.29, 1.82) is 0 Å². The van der Waals surface area contributed by atoms with Crippen molar-refractivity contribution in [2.45, 2.75) is 38.7 Å². The highest BCUT2D eigenvalue weighted by atomic mass is 16.5. The molecule has 2 aliphatic heterocycles. The molecule has 0 aromatic heterocycles. The molecular weight excluding hydrogens is 330 g/mol. The summed E-state index contributed by atoms with van der Waals surface area (Å²) in [5.41, 5.74) is 1.28. The van der Waals surface area contributed by atoms with Crippen molar-refractivity contribution < 1.29 is 14.3 Å². The predicted molar refractivity (Wildman–Crippen MR) is 101 cm³/mol. The topological polar surface area (TPSA) is 70.7 Å². The second-order valence-electron chi connectivity index (χ2n) is 7.11. The summed E-state index contributed by atoms with van der Waals surface area (Å²) in [7, 11) is 0. The van der Waals surface area contributed by atoms with E-state index in [1.807, 2.05) is 23.1 Å². The van der Waals surface area contributed by atoms with Crippen molar-refractivity contribution >= 4 is 17.5 Å². The number of hydrogen-bond acceptors (Lipinski definition) is 4. The fourth-order valence-corrected chi connectivity index (χ4v) is 3.61. The van der Waals surface area contributed by atoms with E-state index in [0.29, 0.717) is 23.8 Å². The molecule has 1 atom stereocenters. The Morgan fingerprint density at radius 3 is 2.73 bits per heavy atom. The van der Waals surface area contributed by atoms with Crippen LogP contribution in [0.4, 0.5) is 5.69 Å². The number of nitrogens with one attached hydrogen (secondary N) is 2. The maximum atomic E-state index is 12.8. The average molecular weight is 359 g/mol. The van der Waals surface area contributed by atoms with Gasteiger partial charge in [-0.25, -0.2) is 0 Å². The van der Waals surface area contributed by atoms with Crippen molar-refractivity contribution in [2.24, 2.45) is 5.92 Å². The van der Waals surface area contributed by atoms with Gasteiger partial charge in [-0.15, -0.1) is 0 Å². The molecule has 0 saturated carbocycles. The number of rotatable bonds is 6. The molecule has 2 amide bonds. The standard InChI is InChI=1S/C20H29N3O3/c1-2-21-14-15-8-10-23(11-9-15)20(25)16-5-3-6-17(13-16)22-19(24)18-7-4-12-26-18/h3,5-6,13,15,18,21H,2,4,7-12,14H2,1H3,(H,22,24). The molecular formula is C20H29N3O3. The first-order chi connectivity index (χ1) is 12.7. The van der Waals surface area contributed by atoms with Gasteiger partial charge in [0.25, 0.3) is 11.8 Å². The second kappa shape index (κ2) is 9.14. The Morgan fingerprint density at radius 2 is 2.04 bits per heavy atom. The van der Waals surface area contributed by atoms with E-state index in [0.717, 1.165) is 51.9 Å². The Morgan fingerprint density at radius 1 is 1.23 bits per heavy atom. The number of hydrogen-bond donors (Lipinski definition) is 2. The van der Waals surface area contributed by atoms with Crippen molar-refractivity contribution in [3.05, 3.63) is 29.8 Å². The van der Waals surface area contributed by atoms with Crippen LogP contribution in [0.25, 0.3) is 0 Å². The van der Waals surface area contributed by atoms with Crippen LogP contribution in [-0.4, -0.2) is 55.6 Å². The summed E-state index contributed by atoms with van der Waals surface area (Å²) < 4.78 is 5.41. The van der Waals surface area contributed by atoms with Crippen molar-refractivity contribution in [3.63, 3.8) is 0 Å². The highest BCUT2D eigenvalue weighted by Crippen LogP contribution is 2.21. The lowest BCUT2D eigenvalue weighted by molar-refractivity contribution is -0.124. The summed E-state index contributed by atoms with van der Waals surface area (Å²) in [5.74, 6) is 0.562. The van der Waals surface area contributed by atoms with Crippen molar-refractivity contribution in [2.75, 3.05) is 38.1 Å². The minimum Gasteiger partial charge on any atom is -0.368 e. The second-order valence-corrected chi connectivity index (χ2v) is 7.11. The number of nitrogens with zero attached hydrogens (tertiary/aromatic N) is 1. The number of piperidine rings is 1. The molecule has 1 aromatic carbocycles. The molecule has 3 rings (SSSR count). The Labute approximate surface area is 155 Å². The number of carbonyl (C=O) groups is 2. The maximum Gasteiger partial charge on any atom is 0.253 e. The number of amides is 2. The number of anilines is 1. The van der Waals surface area contributed by atoms with Crippen LogP contribution >= 0.6 is 0 Å². The van der Waals surface area contributed by atoms with Crippen LogP contribution < -0.4 is 10.6 Å². The molecule has 0 aliphatic carbocycles. The number of benzene rings is 1. The molecule has 0 spiro atoms. The molecule has 142 valence electrons. The zero-order valence-electron chi connectivity index (χ0n) is 15.5. The zero-order chi connectivity index (χ0) is 18.4. The average Bonchev–Trinajstić information content (AvgIpc) is 3.21. The van der Waals surface area contributed by atoms with Crippen LogP contribution in [-0.2, 0) is 9.53 Å². The molecule has 0 radical (unpaired) electrons. The largest absolute Gasteiger partial charge is 0.368 e. The molecule has 0 bridgehead atoms. The van der Waals surface area contributed by atoms with Crippen LogP contribution in [0.3, 0.4) is 0 Å². The predicted octanol–water partition coefficient (Wildman–Crippen LogP) is 2.27. The van der Waals surface area contributed by atoms with E-state index in [4.69, 9.17) is 4.74 Å². The van der Waals surface area contributed by atoms with Crippen LogP contribution in [0.1, 0.15) is 43.0 Å². The quantitative estimate of drug-likeness (QED) is 0.817. The van der Waals surface area contributed by atoms with Gasteiger partial charge in [0.05, 0.1) is 0 Å². The van der Waals surface area contributed by atoms with E-state index in [9.17, 15) is 9.59 Å². The van der Waals surface area contributed by atoms with Gasteiger partial charge in [-0.1, -0.05) is 13.0 Å². The van der Waals surface area contributed by atoms with Gasteiger partial charge in [-0.3, -0.25) is 9.59 Å². The van der Waals surface area contributed by atoms with E-state index in [1.165, 1.54) is 0 Å². The molecule has 2 fully saturated rings. The molecule has 2 N–H and O–H groups in total. The van der Waals surface area contributed by atoms with Crippen molar-refractivity contribution in [3.8, 4) is 0 Å². The van der Waals surface area contributed by atoms with Crippen LogP contribution in [0.5, 0.6) is 0 Å². The summed E-state index contributed by atoms with van der Waals surface area (Å²) in [6.07, 6.45) is 3.37. The van der Waals surface area contributed by atoms with Gasteiger partial charge >= 0.3 is 0 Å². The van der Waals surface area contributed by atoms with Gasteiger partial charge in [-0.2, -0.15) is 0 Å². The first-order valence-corrected chi connectivity index (χ1v) is 9.70. The first kappa shape index (κ1) is 18.9. The summed E-state index contributed by atoms with van der Waals surface area (Å²) in [4.78, 5) is 26.9. The Hall–Kier alpha value is -1.92. The highest BCUT2D eigenvalue weighted by molar-refractivity contribution is 5.98. The lowest BCUT2D eigenvalue weighted by Gasteiger charge is -2.32. The third kappa shape index (κ3) is 4.83. The summed E-state index contributed by atoms with van der Waals surface area (Å²) in [6.45, 7) is 6.36. The molecule has 2 saturated heterocycles. The molecule has 6 nitrogen and oxygen atoms in total. The van der Waals surface area contributed by atoms with Gasteiger partial charge in [-0.05, 0) is 62.9 Å². The number of likely N-dealkylation sites (tertiary alicyclic amines) is 1. The van der Waals surface area contributed by atoms with Gasteiger partial charge in [0.15, 0.2) is 0 Å². The Bertz CT molecular complexity index is 620. The summed E-state index contributed by atoms with van der Waals surface area (Å²) in [5, 5.41) is 6.26. The normalized spacial score (nSPS) is 21.0. The molecule has 2 heterocycles. The van der Waals surface area contributed by atoms with E-state index in [2.05, 4.69) is 17.6 Å². The Kier molecular flexibility index (Phi) is 6.63. The van der Waals surface area contributed by atoms with Gasteiger partial charge < -0.3 is 20.3 Å². The van der Waals surface area contributed by atoms with Gasteiger partial charge in [0.2, 0.25) is 0 Å². The molecule has 26 heavy (non-hydrogen) atoms. The zero-order valence-corrected chi connectivity index (χ0v) is 15.5. The monoisotopic (exact) mass is 359 g/mol. The lowest BCUT2D eigenvalue weighted by atomic mass is 9.96. The van der Waals surface area contributed by atoms with E-state index in [1.54, 1.807) is 6.07 Å². The number of ether oxygens (including phenoxy) is 1. The lowest BCUT2D eigenvalue weighted by Crippen LogP contribution is -2.40. The van der Waals surface area contributed by atoms with E-state index in [-0.39, 0.29) is 17.9 Å². The Balaban J connectivity index is 1.55. The minimum atomic E-state index is -0.370. The van der Waals surface area contributed by atoms with E-state index >= 15 is 0 Å². The molecule has 1 aromatic rings. The fourth-order valence-electron chi connectivity index (χ4n) is 3.61. The van der Waals surface area contributed by atoms with Crippen LogP contribution in [0.15, 0.2) is 24.3 Å². The first-order valence-electron chi connectivity index (χ1n) is 9.70. The SMILES string of the molecule is CCNCC1CCN(C(=O)c2cccc(NC(=O)C3CCCO3)c2)CC1. The number of carbonyl (C=O) groups excluding carboxylic acids is 2. The van der Waals surface area contributed by atoms with E-state index < -0.39 is 0 Å². The molecule has 6 heteroatoms. The van der Waals surface area contributed by atoms with Crippen LogP contribution in [0.2, 0.25) is 0 Å². The van der Waals surface area contributed by atoms with Crippen LogP contribution in [0, 0.1) is 5.92 Å². The fraction of sp³-hybridized carbons (Fsp3) is 0.600. The minimum absolute atomic E-state index is 0.0418. The summed E-state index contributed by atoms with van der Waals surface area (Å²) >= 11 is 0. The van der Waals surface area contributed by atoms with Gasteiger partial charge in [0.1, 0.15) is 6.10 Å². The smallest absolute Gasteiger partial charge is 0.253 e. The highest BCUT2D eigenvalue weighted by Gasteiger charge is 2.25.